The fourth-order valence-corrected chi connectivity index (χ4v) is 2.41. The number of carbonyl (C=O) groups is 1. The third-order valence-electron chi connectivity index (χ3n) is 3.33. The van der Waals surface area contributed by atoms with Gasteiger partial charge in [0.2, 0.25) is 0 Å². The molecule has 4 heteroatoms. The van der Waals surface area contributed by atoms with Gasteiger partial charge in [-0.1, -0.05) is 12.1 Å². The van der Waals surface area contributed by atoms with E-state index in [-0.39, 0.29) is 16.9 Å². The van der Waals surface area contributed by atoms with Crippen LogP contribution in [0.25, 0.3) is 11.1 Å². The molecule has 3 rings (SSSR count). The second kappa shape index (κ2) is 4.23. The molecule has 0 atom stereocenters. The van der Waals surface area contributed by atoms with Crippen LogP contribution in [0.3, 0.4) is 0 Å². The van der Waals surface area contributed by atoms with Gasteiger partial charge in [-0.15, -0.1) is 0 Å². The first-order valence-electron chi connectivity index (χ1n) is 5.87. The Hall–Kier alpha value is -2.10. The Bertz CT molecular complexity index is 669. The maximum Gasteiger partial charge on any atom is 0.163 e. The lowest BCUT2D eigenvalue weighted by Crippen LogP contribution is -1.96. The van der Waals surface area contributed by atoms with Gasteiger partial charge in [0.05, 0.1) is 5.56 Å². The first kappa shape index (κ1) is 12.0. The van der Waals surface area contributed by atoms with E-state index in [9.17, 15) is 18.0 Å². The van der Waals surface area contributed by atoms with Gasteiger partial charge >= 0.3 is 0 Å². The zero-order valence-corrected chi connectivity index (χ0v) is 9.84. The van der Waals surface area contributed by atoms with E-state index < -0.39 is 17.5 Å². The summed E-state index contributed by atoms with van der Waals surface area (Å²) in [6.45, 7) is 0. The number of ketones is 1. The fraction of sp³-hybridized carbons (Fsp3) is 0.133. The average molecular weight is 262 g/mol. The van der Waals surface area contributed by atoms with Crippen molar-refractivity contribution in [1.82, 2.24) is 0 Å². The molecule has 0 aliphatic heterocycles. The molecule has 0 radical (unpaired) electrons. The summed E-state index contributed by atoms with van der Waals surface area (Å²) in [5.74, 6) is -2.93. The van der Waals surface area contributed by atoms with E-state index in [0.29, 0.717) is 30.5 Å². The molecule has 1 aliphatic carbocycles. The van der Waals surface area contributed by atoms with Crippen LogP contribution >= 0.6 is 0 Å². The van der Waals surface area contributed by atoms with Crippen LogP contribution in [0.2, 0.25) is 0 Å². The highest BCUT2D eigenvalue weighted by Crippen LogP contribution is 2.31. The second-order valence-electron chi connectivity index (χ2n) is 4.54. The molecule has 0 saturated carbocycles. The van der Waals surface area contributed by atoms with E-state index >= 15 is 0 Å². The SMILES string of the molecule is O=C1CCc2ccc(-c3c(F)cc(F)cc3F)cc21. The standard InChI is InChI=1S/C15H9F3O/c16-10-6-12(17)15(13(18)7-10)9-2-1-8-3-4-14(19)11(8)5-9/h1-2,5-7H,3-4H2. The molecule has 0 aromatic heterocycles. The zero-order chi connectivity index (χ0) is 13.6. The van der Waals surface area contributed by atoms with E-state index in [0.717, 1.165) is 5.56 Å². The third kappa shape index (κ3) is 1.93. The van der Waals surface area contributed by atoms with Gasteiger partial charge in [-0.25, -0.2) is 13.2 Å². The Balaban J connectivity index is 2.19. The van der Waals surface area contributed by atoms with Crippen LogP contribution in [0.1, 0.15) is 22.3 Å². The molecule has 19 heavy (non-hydrogen) atoms. The monoisotopic (exact) mass is 262 g/mol. The van der Waals surface area contributed by atoms with Crippen LogP contribution in [-0.4, -0.2) is 5.78 Å². The summed E-state index contributed by atoms with van der Waals surface area (Å²) in [5, 5.41) is 0. The second-order valence-corrected chi connectivity index (χ2v) is 4.54. The van der Waals surface area contributed by atoms with Gasteiger partial charge in [-0.05, 0) is 23.6 Å². The normalized spacial score (nSPS) is 13.7. The van der Waals surface area contributed by atoms with Crippen molar-refractivity contribution in [2.75, 3.05) is 0 Å². The van der Waals surface area contributed by atoms with Gasteiger partial charge < -0.3 is 0 Å². The molecule has 0 spiro atoms. The summed E-state index contributed by atoms with van der Waals surface area (Å²) in [5.41, 5.74) is 1.34. The van der Waals surface area contributed by atoms with E-state index in [1.54, 1.807) is 12.1 Å². The lowest BCUT2D eigenvalue weighted by Gasteiger charge is -2.07. The quantitative estimate of drug-likeness (QED) is 0.761. The van der Waals surface area contributed by atoms with E-state index in [4.69, 9.17) is 0 Å². The highest BCUT2D eigenvalue weighted by atomic mass is 19.1. The Morgan fingerprint density at radius 3 is 2.26 bits per heavy atom. The predicted molar refractivity (Wildman–Crippen MR) is 64.4 cm³/mol. The molecule has 0 heterocycles. The van der Waals surface area contributed by atoms with Crippen molar-refractivity contribution in [2.24, 2.45) is 0 Å². The van der Waals surface area contributed by atoms with Crippen LogP contribution in [-0.2, 0) is 6.42 Å². The molecule has 0 saturated heterocycles. The van der Waals surface area contributed by atoms with Crippen LogP contribution in [0, 0.1) is 17.5 Å². The largest absolute Gasteiger partial charge is 0.294 e. The number of hydrogen-bond acceptors (Lipinski definition) is 1. The van der Waals surface area contributed by atoms with Crippen molar-refractivity contribution in [3.8, 4) is 11.1 Å². The summed E-state index contributed by atoms with van der Waals surface area (Å²) in [4.78, 5) is 11.6. The molecule has 2 aromatic rings. The van der Waals surface area contributed by atoms with Crippen molar-refractivity contribution in [3.05, 3.63) is 58.9 Å². The summed E-state index contributed by atoms with van der Waals surface area (Å²) in [6, 6.07) is 5.99. The number of halogens is 3. The minimum absolute atomic E-state index is 0.0280. The van der Waals surface area contributed by atoms with E-state index in [2.05, 4.69) is 0 Å². The average Bonchev–Trinajstić information content (AvgIpc) is 2.70. The molecule has 96 valence electrons. The summed E-state index contributed by atoms with van der Waals surface area (Å²) in [6.07, 6.45) is 1.08. The number of benzene rings is 2. The minimum Gasteiger partial charge on any atom is -0.294 e. The molecule has 1 nitrogen and oxygen atoms in total. The molecule has 0 bridgehead atoms. The van der Waals surface area contributed by atoms with Crippen LogP contribution in [0.4, 0.5) is 13.2 Å². The predicted octanol–water partition coefficient (Wildman–Crippen LogP) is 3.90. The summed E-state index contributed by atoms with van der Waals surface area (Å²) < 4.78 is 40.2. The van der Waals surface area contributed by atoms with Crippen molar-refractivity contribution >= 4 is 5.78 Å². The fourth-order valence-electron chi connectivity index (χ4n) is 2.41. The van der Waals surface area contributed by atoms with Gasteiger partial charge in [0.15, 0.2) is 5.78 Å². The Kier molecular flexibility index (Phi) is 2.66. The molecule has 0 fully saturated rings. The lowest BCUT2D eigenvalue weighted by molar-refractivity contribution is 0.0994. The number of carbonyl (C=O) groups excluding carboxylic acids is 1. The summed E-state index contributed by atoms with van der Waals surface area (Å²) in [7, 11) is 0. The number of fused-ring (bicyclic) bond motifs is 1. The van der Waals surface area contributed by atoms with Crippen molar-refractivity contribution in [3.63, 3.8) is 0 Å². The number of Topliss-reactive ketones (excluding diaryl/α,β-unsaturated/α-hetero) is 1. The maximum absolute atomic E-state index is 13.7. The molecular weight excluding hydrogens is 253 g/mol. The van der Waals surface area contributed by atoms with Gasteiger partial charge in [0, 0.05) is 24.1 Å². The number of rotatable bonds is 1. The van der Waals surface area contributed by atoms with Gasteiger partial charge in [-0.3, -0.25) is 4.79 Å². The van der Waals surface area contributed by atoms with Gasteiger partial charge in [0.25, 0.3) is 0 Å². The number of aryl methyl sites for hydroxylation is 1. The molecule has 0 amide bonds. The van der Waals surface area contributed by atoms with Gasteiger partial charge in [0.1, 0.15) is 17.5 Å². The van der Waals surface area contributed by atoms with Gasteiger partial charge in [-0.2, -0.15) is 0 Å². The van der Waals surface area contributed by atoms with Crippen molar-refractivity contribution < 1.29 is 18.0 Å². The van der Waals surface area contributed by atoms with E-state index in [1.165, 1.54) is 6.07 Å². The Morgan fingerprint density at radius 1 is 0.895 bits per heavy atom. The number of hydrogen-bond donors (Lipinski definition) is 0. The smallest absolute Gasteiger partial charge is 0.163 e. The van der Waals surface area contributed by atoms with E-state index in [1.807, 2.05) is 0 Å². The first-order chi connectivity index (χ1) is 9.06. The Labute approximate surface area is 107 Å². The molecule has 0 N–H and O–H groups in total. The summed E-state index contributed by atoms with van der Waals surface area (Å²) >= 11 is 0. The van der Waals surface area contributed by atoms with Crippen LogP contribution < -0.4 is 0 Å². The highest BCUT2D eigenvalue weighted by Gasteiger charge is 2.21. The third-order valence-corrected chi connectivity index (χ3v) is 3.33. The van der Waals surface area contributed by atoms with Crippen molar-refractivity contribution in [2.45, 2.75) is 12.8 Å². The first-order valence-corrected chi connectivity index (χ1v) is 5.87. The highest BCUT2D eigenvalue weighted by molar-refractivity contribution is 6.01. The molecule has 0 unspecified atom stereocenters. The molecule has 2 aromatic carbocycles. The van der Waals surface area contributed by atoms with Crippen LogP contribution in [0.15, 0.2) is 30.3 Å². The minimum atomic E-state index is -0.970. The van der Waals surface area contributed by atoms with Crippen LogP contribution in [0.5, 0.6) is 0 Å². The lowest BCUT2D eigenvalue weighted by atomic mass is 9.99. The van der Waals surface area contributed by atoms with Crippen molar-refractivity contribution in [1.29, 1.82) is 0 Å². The topological polar surface area (TPSA) is 17.1 Å². The maximum atomic E-state index is 13.7. The molecule has 1 aliphatic rings. The Morgan fingerprint density at radius 2 is 1.58 bits per heavy atom. The molecular formula is C15H9F3O. The zero-order valence-electron chi connectivity index (χ0n) is 9.84.